The van der Waals surface area contributed by atoms with Gasteiger partial charge < -0.3 is 71.5 Å². The number of ether oxygens (including phenoxy) is 13. The number of carbonyl (C=O) groups is 2. The van der Waals surface area contributed by atoms with E-state index < -0.39 is 113 Å². The van der Waals surface area contributed by atoms with Crippen molar-refractivity contribution in [3.8, 4) is 0 Å². The zero-order valence-corrected chi connectivity index (χ0v) is 57.9. The van der Waals surface area contributed by atoms with Crippen LogP contribution in [0.1, 0.15) is 85.4 Å². The van der Waals surface area contributed by atoms with E-state index in [1.165, 1.54) is 21.1 Å². The lowest BCUT2D eigenvalue weighted by Crippen LogP contribution is -2.48. The van der Waals surface area contributed by atoms with Crippen LogP contribution in [0.25, 0.3) is 0 Å². The number of carbonyl (C=O) groups excluding carboxylic acids is 2. The van der Waals surface area contributed by atoms with E-state index in [0.29, 0.717) is 18.4 Å². The van der Waals surface area contributed by atoms with Gasteiger partial charge in [0.1, 0.15) is 66.8 Å². The quantitative estimate of drug-likeness (QED) is 0.0277. The van der Waals surface area contributed by atoms with Crippen molar-refractivity contribution < 1.29 is 94.4 Å². The van der Waals surface area contributed by atoms with Crippen LogP contribution in [0.5, 0.6) is 0 Å². The first-order valence-electron chi connectivity index (χ1n) is 33.9. The SMILES string of the molecule is CC[C@H]1O[C@@H](OCC(OCc2ccccc2)C(OCc2ccccc2)C(COP(=O)(OCc2ccccc2)OC2[C@@H](CC)O[C@@H](OCC(OCc3ccccc3)C(OCc3ccccc3)C(CO)OCc3ccccc3)[C@H]2OC)OCc2ccccc2)[C@@H](OC)C1OC(=O)CCC(C)=O. The molecule has 2 fully saturated rings. The second kappa shape index (κ2) is 41.3. The summed E-state index contributed by atoms with van der Waals surface area (Å²) in [5, 5.41) is 11.1. The van der Waals surface area contributed by atoms with Crippen LogP contribution in [0.4, 0.5) is 0 Å². The molecule has 9 unspecified atom stereocenters. The van der Waals surface area contributed by atoms with Crippen molar-refractivity contribution in [2.75, 3.05) is 40.6 Å². The maximum absolute atomic E-state index is 16.2. The minimum absolute atomic E-state index is 0.0298. The van der Waals surface area contributed by atoms with Crippen LogP contribution < -0.4 is 0 Å². The topological polar surface area (TPSA) is 219 Å². The molecule has 0 aromatic heterocycles. The van der Waals surface area contributed by atoms with Crippen LogP contribution in [-0.4, -0.2) is 143 Å². The van der Waals surface area contributed by atoms with Gasteiger partial charge >= 0.3 is 13.8 Å². The van der Waals surface area contributed by atoms with Crippen LogP contribution in [-0.2, 0) is 136 Å². The van der Waals surface area contributed by atoms with E-state index in [9.17, 15) is 14.7 Å². The summed E-state index contributed by atoms with van der Waals surface area (Å²) in [6.07, 6.45) is -12.7. The molecule has 9 rings (SSSR count). The van der Waals surface area contributed by atoms with Crippen molar-refractivity contribution in [3.63, 3.8) is 0 Å². The average molecular weight is 1380 g/mol. The van der Waals surface area contributed by atoms with E-state index in [2.05, 4.69) is 0 Å². The van der Waals surface area contributed by atoms with Crippen molar-refractivity contribution in [1.29, 1.82) is 0 Å². The number of methoxy groups -OCH3 is 2. The number of phosphoric acid groups is 1. The minimum Gasteiger partial charge on any atom is -0.457 e. The molecule has 15 atom stereocenters. The molecule has 7 aromatic rings. The Hall–Kier alpha value is -6.73. The van der Waals surface area contributed by atoms with Gasteiger partial charge in [0.05, 0.1) is 85.2 Å². The molecule has 0 bridgehead atoms. The van der Waals surface area contributed by atoms with Crippen molar-refractivity contribution in [3.05, 3.63) is 251 Å². The van der Waals surface area contributed by atoms with E-state index in [4.69, 9.17) is 75.2 Å². The monoisotopic (exact) mass is 1380 g/mol. The van der Waals surface area contributed by atoms with Gasteiger partial charge in [0.25, 0.3) is 0 Å². The average Bonchev–Trinajstić information content (AvgIpc) is 1.69. The Balaban J connectivity index is 1.02. The lowest BCUT2D eigenvalue weighted by Gasteiger charge is -2.35. The summed E-state index contributed by atoms with van der Waals surface area (Å²) in [6, 6.07) is 67.0. The number of Topliss-reactive ketones (excluding diaryl/α,β-unsaturated/α-hetero) is 1. The molecule has 99 heavy (non-hydrogen) atoms. The molecule has 2 heterocycles. The zero-order chi connectivity index (χ0) is 69.4. The molecule has 0 saturated carbocycles. The van der Waals surface area contributed by atoms with Crippen LogP contribution in [0.3, 0.4) is 0 Å². The molecule has 1 N–H and O–H groups in total. The molecule has 20 nitrogen and oxygen atoms in total. The van der Waals surface area contributed by atoms with Gasteiger partial charge in [-0.3, -0.25) is 18.4 Å². The Morgan fingerprint density at radius 1 is 0.414 bits per heavy atom. The highest BCUT2D eigenvalue weighted by Crippen LogP contribution is 2.54. The number of esters is 1. The van der Waals surface area contributed by atoms with Gasteiger partial charge in [-0.1, -0.05) is 226 Å². The largest absolute Gasteiger partial charge is 0.475 e. The zero-order valence-electron chi connectivity index (χ0n) is 57.0. The maximum atomic E-state index is 16.2. The number of aliphatic hydroxyl groups excluding tert-OH is 1. The summed E-state index contributed by atoms with van der Waals surface area (Å²) >= 11 is 0. The molecule has 2 aliphatic heterocycles. The summed E-state index contributed by atoms with van der Waals surface area (Å²) in [6.45, 7) is 4.50. The Kier molecular flexibility index (Phi) is 31.9. The Labute approximate surface area is 581 Å². The minimum atomic E-state index is -4.80. The predicted molar refractivity (Wildman–Crippen MR) is 368 cm³/mol. The summed E-state index contributed by atoms with van der Waals surface area (Å²) in [5.41, 5.74) is 5.85. The number of hydrogen-bond acceptors (Lipinski definition) is 20. The van der Waals surface area contributed by atoms with Crippen LogP contribution >= 0.6 is 7.82 Å². The number of benzene rings is 7. The van der Waals surface area contributed by atoms with Crippen molar-refractivity contribution in [2.24, 2.45) is 0 Å². The fourth-order valence-corrected chi connectivity index (χ4v) is 13.0. The van der Waals surface area contributed by atoms with Crippen molar-refractivity contribution in [2.45, 2.75) is 179 Å². The molecule has 21 heteroatoms. The molecule has 2 aliphatic rings. The van der Waals surface area contributed by atoms with E-state index in [0.717, 1.165) is 33.4 Å². The number of hydrogen-bond donors (Lipinski definition) is 1. The molecular weight excluding hydrogens is 1290 g/mol. The number of rotatable bonds is 45. The van der Waals surface area contributed by atoms with Gasteiger partial charge in [0.2, 0.25) is 0 Å². The second-order valence-electron chi connectivity index (χ2n) is 24.2. The molecule has 0 aliphatic carbocycles. The van der Waals surface area contributed by atoms with Gasteiger partial charge in [0, 0.05) is 20.6 Å². The van der Waals surface area contributed by atoms with Crippen molar-refractivity contribution in [1.82, 2.24) is 0 Å². The molecule has 532 valence electrons. The number of phosphoric ester groups is 1. The van der Waals surface area contributed by atoms with E-state index in [1.807, 2.05) is 226 Å². The summed E-state index contributed by atoms with van der Waals surface area (Å²) in [7, 11) is -1.83. The lowest BCUT2D eigenvalue weighted by molar-refractivity contribution is -0.217. The van der Waals surface area contributed by atoms with Gasteiger partial charge in [-0.15, -0.1) is 0 Å². The Morgan fingerprint density at radius 3 is 1.09 bits per heavy atom. The van der Waals surface area contributed by atoms with E-state index in [1.54, 1.807) is 0 Å². The Bertz CT molecular complexity index is 3400. The van der Waals surface area contributed by atoms with Crippen LogP contribution in [0.15, 0.2) is 212 Å². The lowest BCUT2D eigenvalue weighted by atomic mass is 10.1. The second-order valence-corrected chi connectivity index (χ2v) is 25.9. The molecule has 0 amide bonds. The van der Waals surface area contributed by atoms with Crippen molar-refractivity contribution >= 4 is 19.6 Å². The molecule has 7 aromatic carbocycles. The first-order chi connectivity index (χ1) is 48.4. The molecule has 2 saturated heterocycles. The molecule has 0 spiro atoms. The van der Waals surface area contributed by atoms with E-state index in [-0.39, 0.29) is 78.1 Å². The number of aliphatic hydroxyl groups is 1. The molecule has 0 radical (unpaired) electrons. The first-order valence-corrected chi connectivity index (χ1v) is 35.3. The van der Waals surface area contributed by atoms with Gasteiger partial charge in [-0.2, -0.15) is 0 Å². The van der Waals surface area contributed by atoms with E-state index >= 15 is 4.57 Å². The highest BCUT2D eigenvalue weighted by molar-refractivity contribution is 7.48. The standard InChI is InChI=1S/C78H95O20P/c1-6-64-73(97-70(81)44-43-56(3)80)75(83-4)77(95-64)91-54-68(87-48-59-33-19-10-20-34-59)72(90-51-62-39-25-13-26-40-62)69(88-49-60-35-21-11-22-36-60)55-94-99(82,93-52-63-41-27-14-28-42-63)98-74-65(7-2)96-78(76(74)84-5)92-53-67(86-47-58-31-17-9-18-32-58)71(89-50-61-37-23-12-24-38-61)66(45-79)85-46-57-29-15-8-16-30-57/h8-42,64-69,71-79H,6-7,43-55H2,1-5H3/t64-,65-,66?,67?,68?,69?,71?,72?,73?,74?,75+,76+,77-,78-,99?/m1/s1. The summed E-state index contributed by atoms with van der Waals surface area (Å²) in [4.78, 5) is 25.0. The third-order valence-corrected chi connectivity index (χ3v) is 18.4. The normalized spacial score (nSPS) is 21.6. The third kappa shape index (κ3) is 24.2. The predicted octanol–water partition coefficient (Wildman–Crippen LogP) is 12.8. The highest BCUT2D eigenvalue weighted by Gasteiger charge is 2.52. The third-order valence-electron chi connectivity index (χ3n) is 17.0. The fourth-order valence-electron chi connectivity index (χ4n) is 11.6. The van der Waals surface area contributed by atoms with Crippen LogP contribution in [0, 0.1) is 0 Å². The van der Waals surface area contributed by atoms with Gasteiger partial charge in [-0.05, 0) is 58.7 Å². The highest BCUT2D eigenvalue weighted by atomic mass is 31.2. The smallest absolute Gasteiger partial charge is 0.457 e. The number of ketones is 1. The first kappa shape index (κ1) is 76.4. The van der Waals surface area contributed by atoms with Gasteiger partial charge in [0.15, 0.2) is 18.7 Å². The fraction of sp³-hybridized carbons (Fsp3) is 0.436. The maximum Gasteiger partial charge on any atom is 0.475 e. The summed E-state index contributed by atoms with van der Waals surface area (Å²) in [5.74, 6) is -0.706. The molecular formula is C78H95O20P. The summed E-state index contributed by atoms with van der Waals surface area (Å²) < 4.78 is 122. The Morgan fingerprint density at radius 2 is 0.737 bits per heavy atom. The van der Waals surface area contributed by atoms with Gasteiger partial charge in [-0.25, -0.2) is 4.57 Å². The van der Waals surface area contributed by atoms with Crippen LogP contribution in [0.2, 0.25) is 0 Å².